The number of carbonyl (C=O) groups excluding carboxylic acids is 2. The van der Waals surface area contributed by atoms with Crippen LogP contribution in [-0.2, 0) is 33.3 Å². The highest BCUT2D eigenvalue weighted by Crippen LogP contribution is 2.13. The Hall–Kier alpha value is -4.57. The van der Waals surface area contributed by atoms with Crippen LogP contribution < -0.4 is 0 Å². The third kappa shape index (κ3) is 53.1. The zero-order valence-corrected chi connectivity index (χ0v) is 45.3. The molecule has 71 heavy (non-hydrogen) atoms. The van der Waals surface area contributed by atoms with Gasteiger partial charge in [0.2, 0.25) is 0 Å². The second kappa shape index (κ2) is 51.8. The first kappa shape index (κ1) is 66.4. The van der Waals surface area contributed by atoms with Crippen molar-refractivity contribution in [2.24, 2.45) is 0 Å². The molecule has 0 amide bonds. The largest absolute Gasteiger partial charge is 0.477 e. The van der Waals surface area contributed by atoms with Crippen LogP contribution in [0.25, 0.3) is 0 Å². The van der Waals surface area contributed by atoms with Gasteiger partial charge < -0.3 is 28.5 Å². The number of carboxylic acid groups (broad SMARTS) is 1. The highest BCUT2D eigenvalue weighted by atomic mass is 16.7. The summed E-state index contributed by atoms with van der Waals surface area (Å²) in [7, 11) is 5.94. The molecule has 2 unspecified atom stereocenters. The Morgan fingerprint density at radius 1 is 0.423 bits per heavy atom. The number of quaternary nitrogens is 1. The summed E-state index contributed by atoms with van der Waals surface area (Å²) in [6.45, 7) is 4.58. The van der Waals surface area contributed by atoms with Crippen LogP contribution in [-0.4, -0.2) is 87.4 Å². The van der Waals surface area contributed by atoms with Crippen molar-refractivity contribution in [2.45, 2.75) is 193 Å². The smallest absolute Gasteiger partial charge is 0.361 e. The van der Waals surface area contributed by atoms with Gasteiger partial charge in [0.1, 0.15) is 13.2 Å². The van der Waals surface area contributed by atoms with E-state index in [1.807, 2.05) is 21.1 Å². The van der Waals surface area contributed by atoms with Crippen molar-refractivity contribution in [3.63, 3.8) is 0 Å². The van der Waals surface area contributed by atoms with Crippen LogP contribution in [0.2, 0.25) is 0 Å². The molecule has 0 bridgehead atoms. The van der Waals surface area contributed by atoms with Gasteiger partial charge in [0.25, 0.3) is 6.29 Å². The number of hydrogen-bond acceptors (Lipinski definition) is 7. The van der Waals surface area contributed by atoms with Crippen LogP contribution in [0.5, 0.6) is 0 Å². The zero-order chi connectivity index (χ0) is 52.0. The van der Waals surface area contributed by atoms with Crippen LogP contribution in [0.15, 0.2) is 134 Å². The minimum atomic E-state index is -1.53. The molecule has 0 aromatic rings. The molecule has 0 fully saturated rings. The molecule has 0 aromatic carbocycles. The van der Waals surface area contributed by atoms with Gasteiger partial charge in [0.05, 0.1) is 34.4 Å². The molecule has 0 rings (SSSR count). The fourth-order valence-corrected chi connectivity index (χ4v) is 6.75. The van der Waals surface area contributed by atoms with E-state index in [4.69, 9.17) is 18.9 Å². The number of hydrogen-bond donors (Lipinski definition) is 1. The lowest BCUT2D eigenvalue weighted by molar-refractivity contribution is -0.870. The summed E-state index contributed by atoms with van der Waals surface area (Å²) in [6.07, 6.45) is 70.9. The quantitative estimate of drug-likeness (QED) is 0.0211. The van der Waals surface area contributed by atoms with E-state index >= 15 is 0 Å². The van der Waals surface area contributed by atoms with Gasteiger partial charge in [-0.25, -0.2) is 4.79 Å². The maximum absolute atomic E-state index is 12.9. The van der Waals surface area contributed by atoms with Crippen molar-refractivity contribution in [1.29, 1.82) is 0 Å². The van der Waals surface area contributed by atoms with Gasteiger partial charge in [0.15, 0.2) is 6.10 Å². The van der Waals surface area contributed by atoms with Crippen LogP contribution in [0, 0.1) is 0 Å². The van der Waals surface area contributed by atoms with Gasteiger partial charge in [0, 0.05) is 12.8 Å². The van der Waals surface area contributed by atoms with E-state index in [1.54, 1.807) is 0 Å². The molecule has 0 aliphatic heterocycles. The lowest BCUT2D eigenvalue weighted by atomic mass is 10.1. The molecule has 0 radical (unpaired) electrons. The highest BCUT2D eigenvalue weighted by Gasteiger charge is 2.25. The van der Waals surface area contributed by atoms with E-state index in [0.717, 1.165) is 128 Å². The number of esters is 2. The molecule has 0 aliphatic carbocycles. The number of allylic oxidation sites excluding steroid dienone is 22. The molecule has 9 heteroatoms. The topological polar surface area (TPSA) is 108 Å². The normalized spacial score (nSPS) is 13.9. The molecule has 0 saturated heterocycles. The molecule has 0 heterocycles. The standard InChI is InChI=1S/C62H99NO8/c1-6-8-10-12-14-16-18-20-22-24-25-26-27-28-29-30-31-32-33-34-35-37-39-41-43-45-47-49-51-53-60(65)71-58(57-70-62(61(66)67)68-55-54-63(3,4)5)56-69-59(64)52-50-48-46-44-42-40-38-36-23-21-19-17-15-13-11-9-7-2/h8-11,14-17,20-23,25-26,28-29,31-32,34-35,39,41,58,62H,6-7,12-13,18-19,24,27,30,33,36-38,40,42-57H2,1-5H3/p+1/b10-8-,11-9-,16-14-,17-15-,22-20-,23-21-,26-25-,29-28-,32-31-,35-34-,41-39-. The number of carboxylic acids is 1. The summed E-state index contributed by atoms with van der Waals surface area (Å²) in [4.78, 5) is 37.3. The van der Waals surface area contributed by atoms with Crippen molar-refractivity contribution in [2.75, 3.05) is 47.5 Å². The Labute approximate surface area is 433 Å². The minimum absolute atomic E-state index is 0.172. The van der Waals surface area contributed by atoms with Crippen LogP contribution >= 0.6 is 0 Å². The Kier molecular flexibility index (Phi) is 48.4. The lowest BCUT2D eigenvalue weighted by Gasteiger charge is -2.25. The van der Waals surface area contributed by atoms with Crippen molar-refractivity contribution in [3.8, 4) is 0 Å². The Morgan fingerprint density at radius 2 is 0.761 bits per heavy atom. The van der Waals surface area contributed by atoms with Crippen LogP contribution in [0.1, 0.15) is 181 Å². The van der Waals surface area contributed by atoms with Gasteiger partial charge >= 0.3 is 17.9 Å². The number of ether oxygens (including phenoxy) is 4. The second-order valence-electron chi connectivity index (χ2n) is 18.8. The van der Waals surface area contributed by atoms with E-state index < -0.39 is 24.3 Å². The monoisotopic (exact) mass is 987 g/mol. The third-order valence-electron chi connectivity index (χ3n) is 10.9. The fraction of sp³-hybridized carbons (Fsp3) is 0.597. The first-order valence-corrected chi connectivity index (χ1v) is 27.3. The molecule has 9 nitrogen and oxygen atoms in total. The van der Waals surface area contributed by atoms with Crippen molar-refractivity contribution in [1.82, 2.24) is 0 Å². The molecule has 0 saturated carbocycles. The molecular weight excluding hydrogens is 887 g/mol. The van der Waals surface area contributed by atoms with Gasteiger partial charge in [-0.05, 0) is 109 Å². The average Bonchev–Trinajstić information content (AvgIpc) is 3.34. The van der Waals surface area contributed by atoms with E-state index in [0.29, 0.717) is 17.4 Å². The van der Waals surface area contributed by atoms with Crippen LogP contribution in [0.3, 0.4) is 0 Å². The summed E-state index contributed by atoms with van der Waals surface area (Å²) in [5.41, 5.74) is 0. The third-order valence-corrected chi connectivity index (χ3v) is 10.9. The molecule has 0 aromatic heterocycles. The summed E-state index contributed by atoms with van der Waals surface area (Å²) < 4.78 is 22.8. The fourth-order valence-electron chi connectivity index (χ4n) is 6.75. The maximum Gasteiger partial charge on any atom is 0.361 e. The summed E-state index contributed by atoms with van der Waals surface area (Å²) in [6, 6.07) is 0. The minimum Gasteiger partial charge on any atom is -0.477 e. The van der Waals surface area contributed by atoms with E-state index in [-0.39, 0.29) is 38.6 Å². The van der Waals surface area contributed by atoms with Crippen LogP contribution in [0.4, 0.5) is 0 Å². The van der Waals surface area contributed by atoms with Gasteiger partial charge in [-0.2, -0.15) is 0 Å². The second-order valence-corrected chi connectivity index (χ2v) is 18.8. The first-order chi connectivity index (χ1) is 34.6. The van der Waals surface area contributed by atoms with Gasteiger partial charge in [-0.1, -0.05) is 192 Å². The summed E-state index contributed by atoms with van der Waals surface area (Å²) in [5.74, 6) is -2.07. The number of likely N-dealkylation sites (N-methyl/N-ethyl adjacent to an activating group) is 1. The van der Waals surface area contributed by atoms with Gasteiger partial charge in [-0.3, -0.25) is 9.59 Å². The molecular formula is C62H100NO8+. The van der Waals surface area contributed by atoms with E-state index in [9.17, 15) is 19.5 Å². The Morgan fingerprint density at radius 3 is 1.13 bits per heavy atom. The zero-order valence-electron chi connectivity index (χ0n) is 45.3. The average molecular weight is 987 g/mol. The van der Waals surface area contributed by atoms with E-state index in [1.165, 1.54) is 19.3 Å². The number of unbranched alkanes of at least 4 members (excludes halogenated alkanes) is 11. The molecule has 400 valence electrons. The first-order valence-electron chi connectivity index (χ1n) is 27.3. The number of nitrogens with zero attached hydrogens (tertiary/aromatic N) is 1. The number of rotatable bonds is 48. The Bertz CT molecular complexity index is 1620. The number of carbonyl (C=O) groups is 3. The molecule has 0 aliphatic rings. The molecule has 2 atom stereocenters. The predicted molar refractivity (Wildman–Crippen MR) is 299 cm³/mol. The summed E-state index contributed by atoms with van der Waals surface area (Å²) in [5, 5.41) is 9.69. The number of aliphatic carboxylic acids is 1. The molecule has 0 spiro atoms. The summed E-state index contributed by atoms with van der Waals surface area (Å²) >= 11 is 0. The SMILES string of the molecule is CC/C=C\C/C=C\C/C=C\C/C=C\C/C=C\C/C=C\C/C=C\C/C=C\CCCCCCC(=O)OC(COC(=O)CCCCCCCCC/C=C\C/C=C\C/C=C\CC)COC(OCC[N+](C)(C)C)C(=O)O. The van der Waals surface area contributed by atoms with E-state index in [2.05, 4.69) is 148 Å². The molecule has 1 N–H and O–H groups in total. The van der Waals surface area contributed by atoms with Crippen molar-refractivity contribution >= 4 is 17.9 Å². The highest BCUT2D eigenvalue weighted by molar-refractivity contribution is 5.71. The Balaban J connectivity index is 4.40. The lowest BCUT2D eigenvalue weighted by Crippen LogP contribution is -2.40. The van der Waals surface area contributed by atoms with Gasteiger partial charge in [-0.15, -0.1) is 0 Å². The van der Waals surface area contributed by atoms with Crippen molar-refractivity contribution < 1.29 is 42.9 Å². The van der Waals surface area contributed by atoms with Crippen molar-refractivity contribution in [3.05, 3.63) is 134 Å². The maximum atomic E-state index is 12.9. The predicted octanol–water partition coefficient (Wildman–Crippen LogP) is 15.9.